The largest absolute Gasteiger partial charge is 0.416 e. The highest BCUT2D eigenvalue weighted by Crippen LogP contribution is 2.40. The van der Waals surface area contributed by atoms with E-state index in [9.17, 15) is 13.2 Å². The van der Waals surface area contributed by atoms with Crippen LogP contribution in [0.25, 0.3) is 11.1 Å². The molecule has 6 heteroatoms. The number of thiophene rings is 1. The standard InChI is InChI=1S/C17H20ClF3SSi/c1-11(2)23(18,12(3)4)16-15(9-10-22-16)13-5-7-14(8-6-13)17(19,20)21/h5-12H,1-4H3. The quantitative estimate of drug-likeness (QED) is 0.414. The van der Waals surface area contributed by atoms with Crippen molar-refractivity contribution < 1.29 is 13.2 Å². The predicted molar refractivity (Wildman–Crippen MR) is 96.2 cm³/mol. The summed E-state index contributed by atoms with van der Waals surface area (Å²) in [5.74, 6) is 0. The fraction of sp³-hybridized carbons (Fsp3) is 0.412. The molecule has 2 aromatic rings. The Morgan fingerprint density at radius 3 is 1.91 bits per heavy atom. The average molecular weight is 377 g/mol. The van der Waals surface area contributed by atoms with E-state index in [0.29, 0.717) is 11.1 Å². The van der Waals surface area contributed by atoms with Crippen LogP contribution in [0.3, 0.4) is 0 Å². The molecule has 0 amide bonds. The minimum atomic E-state index is -4.31. The van der Waals surface area contributed by atoms with Crippen LogP contribution in [0.5, 0.6) is 0 Å². The van der Waals surface area contributed by atoms with Crippen LogP contribution in [0.2, 0.25) is 11.1 Å². The van der Waals surface area contributed by atoms with Crippen molar-refractivity contribution in [3.8, 4) is 11.1 Å². The topological polar surface area (TPSA) is 0 Å². The summed E-state index contributed by atoms with van der Waals surface area (Å²) in [4.78, 5) is 0. The zero-order valence-corrected chi connectivity index (χ0v) is 16.1. The van der Waals surface area contributed by atoms with E-state index in [0.717, 1.165) is 27.8 Å². The maximum atomic E-state index is 12.7. The van der Waals surface area contributed by atoms with E-state index in [-0.39, 0.29) is 0 Å². The fourth-order valence-electron chi connectivity index (χ4n) is 2.86. The Balaban J connectivity index is 2.50. The molecule has 0 atom stereocenters. The van der Waals surface area contributed by atoms with Crippen LogP contribution in [-0.2, 0) is 6.18 Å². The molecule has 0 aliphatic heterocycles. The van der Waals surface area contributed by atoms with Crippen LogP contribution in [0, 0.1) is 0 Å². The Morgan fingerprint density at radius 1 is 0.957 bits per heavy atom. The second kappa shape index (κ2) is 6.61. The zero-order chi connectivity index (χ0) is 17.4. The molecule has 0 saturated carbocycles. The van der Waals surface area contributed by atoms with E-state index in [1.807, 2.05) is 11.4 Å². The van der Waals surface area contributed by atoms with Crippen molar-refractivity contribution in [1.29, 1.82) is 0 Å². The molecule has 0 saturated heterocycles. The van der Waals surface area contributed by atoms with E-state index in [1.54, 1.807) is 23.5 Å². The lowest BCUT2D eigenvalue weighted by Crippen LogP contribution is -2.47. The highest BCUT2D eigenvalue weighted by molar-refractivity contribution is 7.40. The third kappa shape index (κ3) is 3.51. The van der Waals surface area contributed by atoms with Crippen molar-refractivity contribution in [2.24, 2.45) is 0 Å². The number of benzene rings is 1. The smallest absolute Gasteiger partial charge is 0.166 e. The SMILES string of the molecule is CC(C)[Si](Cl)(c1sccc1-c1ccc(C(F)(F)F)cc1)C(C)C. The van der Waals surface area contributed by atoms with Gasteiger partial charge in [0.05, 0.1) is 5.56 Å². The van der Waals surface area contributed by atoms with Crippen LogP contribution in [-0.4, -0.2) is 7.38 Å². The van der Waals surface area contributed by atoms with Gasteiger partial charge in [0.25, 0.3) is 0 Å². The van der Waals surface area contributed by atoms with Gasteiger partial charge in [0.1, 0.15) is 0 Å². The fourth-order valence-corrected chi connectivity index (χ4v) is 9.59. The minimum absolute atomic E-state index is 0.344. The third-order valence-electron chi connectivity index (χ3n) is 4.22. The molecule has 23 heavy (non-hydrogen) atoms. The molecule has 0 aliphatic carbocycles. The number of rotatable bonds is 4. The van der Waals surface area contributed by atoms with Gasteiger partial charge in [0.15, 0.2) is 0 Å². The Bertz CT molecular complexity index is 651. The van der Waals surface area contributed by atoms with E-state index >= 15 is 0 Å². The summed E-state index contributed by atoms with van der Waals surface area (Å²) in [6.07, 6.45) is -4.31. The van der Waals surface area contributed by atoms with Gasteiger partial charge in [-0.15, -0.1) is 0 Å². The van der Waals surface area contributed by atoms with Gasteiger partial charge in [-0.05, 0) is 45.8 Å². The number of halogens is 4. The summed E-state index contributed by atoms with van der Waals surface area (Å²) in [6, 6.07) is 7.33. The van der Waals surface area contributed by atoms with Gasteiger partial charge in [-0.25, -0.2) is 0 Å². The first-order chi connectivity index (χ1) is 10.6. The normalized spacial score (nSPS) is 13.1. The van der Waals surface area contributed by atoms with Crippen LogP contribution in [0.4, 0.5) is 13.2 Å². The zero-order valence-electron chi connectivity index (χ0n) is 13.5. The lowest BCUT2D eigenvalue weighted by molar-refractivity contribution is -0.137. The van der Waals surface area contributed by atoms with Crippen LogP contribution < -0.4 is 4.50 Å². The molecule has 1 aromatic carbocycles. The maximum absolute atomic E-state index is 12.7. The summed E-state index contributed by atoms with van der Waals surface area (Å²) >= 11 is 8.73. The Morgan fingerprint density at radius 2 is 1.48 bits per heavy atom. The van der Waals surface area contributed by atoms with Crippen molar-refractivity contribution in [1.82, 2.24) is 0 Å². The lowest BCUT2D eigenvalue weighted by Gasteiger charge is -2.32. The number of hydrogen-bond acceptors (Lipinski definition) is 1. The summed E-state index contributed by atoms with van der Waals surface area (Å²) in [6.45, 7) is 8.54. The molecule has 126 valence electrons. The van der Waals surface area contributed by atoms with E-state index in [1.165, 1.54) is 0 Å². The molecule has 1 aromatic heterocycles. The molecule has 0 radical (unpaired) electrons. The third-order valence-corrected chi connectivity index (χ3v) is 14.2. The van der Waals surface area contributed by atoms with E-state index in [4.69, 9.17) is 11.1 Å². The molecule has 1 heterocycles. The van der Waals surface area contributed by atoms with E-state index < -0.39 is 19.1 Å². The summed E-state index contributed by atoms with van der Waals surface area (Å²) in [7, 11) is -2.24. The molecular formula is C17H20ClF3SSi. The van der Waals surface area contributed by atoms with Crippen molar-refractivity contribution in [2.75, 3.05) is 0 Å². The summed E-state index contributed by atoms with van der Waals surface area (Å²) < 4.78 is 39.3. The second-order valence-corrected chi connectivity index (χ2v) is 13.8. The van der Waals surface area contributed by atoms with Crippen molar-refractivity contribution in [2.45, 2.75) is 45.0 Å². The van der Waals surface area contributed by atoms with Crippen molar-refractivity contribution in [3.05, 3.63) is 41.3 Å². The van der Waals surface area contributed by atoms with Crippen LogP contribution in [0.1, 0.15) is 33.3 Å². The van der Waals surface area contributed by atoms with Gasteiger partial charge in [-0.2, -0.15) is 35.6 Å². The summed E-state index contributed by atoms with van der Waals surface area (Å²) in [5.41, 5.74) is 1.84. The molecule has 0 unspecified atom stereocenters. The highest BCUT2D eigenvalue weighted by atomic mass is 35.6. The first-order valence-electron chi connectivity index (χ1n) is 7.53. The molecule has 0 aliphatic rings. The van der Waals surface area contributed by atoms with Crippen molar-refractivity contribution >= 4 is 34.3 Å². The van der Waals surface area contributed by atoms with Gasteiger partial charge in [0, 0.05) is 4.50 Å². The first-order valence-corrected chi connectivity index (χ1v) is 11.6. The van der Waals surface area contributed by atoms with Crippen LogP contribution >= 0.6 is 22.4 Å². The van der Waals surface area contributed by atoms with Gasteiger partial charge in [-0.1, -0.05) is 39.8 Å². The molecular weight excluding hydrogens is 357 g/mol. The highest BCUT2D eigenvalue weighted by Gasteiger charge is 2.43. The number of hydrogen-bond donors (Lipinski definition) is 0. The monoisotopic (exact) mass is 376 g/mol. The average Bonchev–Trinajstić information content (AvgIpc) is 2.94. The molecule has 0 bridgehead atoms. The molecule has 0 spiro atoms. The molecule has 0 nitrogen and oxygen atoms in total. The van der Waals surface area contributed by atoms with Crippen molar-refractivity contribution in [3.63, 3.8) is 0 Å². The first kappa shape index (κ1) is 18.6. The Kier molecular flexibility index (Phi) is 5.33. The van der Waals surface area contributed by atoms with Crippen LogP contribution in [0.15, 0.2) is 35.7 Å². The Labute approximate surface area is 145 Å². The van der Waals surface area contributed by atoms with Gasteiger partial charge >= 0.3 is 6.18 Å². The molecule has 0 fully saturated rings. The molecule has 0 N–H and O–H groups in total. The number of alkyl halides is 3. The van der Waals surface area contributed by atoms with Gasteiger partial charge in [0.2, 0.25) is 7.38 Å². The second-order valence-electron chi connectivity index (χ2n) is 6.32. The van der Waals surface area contributed by atoms with Gasteiger partial charge in [-0.3, -0.25) is 0 Å². The predicted octanol–water partition coefficient (Wildman–Crippen LogP) is 6.65. The minimum Gasteiger partial charge on any atom is -0.166 e. The van der Waals surface area contributed by atoms with E-state index in [2.05, 4.69) is 27.7 Å². The molecule has 2 rings (SSSR count). The Hall–Kier alpha value is -0.783. The maximum Gasteiger partial charge on any atom is 0.416 e. The van der Waals surface area contributed by atoms with Gasteiger partial charge < -0.3 is 0 Å². The summed E-state index contributed by atoms with van der Waals surface area (Å²) in [5, 5.41) is 1.98. The lowest BCUT2D eigenvalue weighted by atomic mass is 10.1.